The van der Waals surface area contributed by atoms with E-state index in [-0.39, 0.29) is 5.91 Å². The van der Waals surface area contributed by atoms with Gasteiger partial charge >= 0.3 is 0 Å². The minimum atomic E-state index is -0.831. The third-order valence-corrected chi connectivity index (χ3v) is 3.45. The molecule has 0 bridgehead atoms. The summed E-state index contributed by atoms with van der Waals surface area (Å²) >= 11 is 1.44. The smallest absolute Gasteiger partial charge is 0.256 e. The minimum Gasteiger partial charge on any atom is -0.369 e. The molecule has 0 saturated carbocycles. The van der Waals surface area contributed by atoms with Gasteiger partial charge in [-0.05, 0) is 43.6 Å². The van der Waals surface area contributed by atoms with Crippen LogP contribution in [0.15, 0.2) is 24.4 Å². The number of aromatic nitrogens is 1. The Hall–Kier alpha value is -1.46. The van der Waals surface area contributed by atoms with Gasteiger partial charge in [0.15, 0.2) is 0 Å². The number of nitrogens with one attached hydrogen (secondary N) is 1. The lowest BCUT2D eigenvalue weighted by atomic mass is 10.1. The minimum absolute atomic E-state index is 0.164. The van der Waals surface area contributed by atoms with E-state index >= 15 is 0 Å². The van der Waals surface area contributed by atoms with Gasteiger partial charge in [-0.25, -0.2) is 0 Å². The van der Waals surface area contributed by atoms with E-state index in [2.05, 4.69) is 9.69 Å². The summed E-state index contributed by atoms with van der Waals surface area (Å²) < 4.78 is 10.3. The Morgan fingerprint density at radius 3 is 2.94 bits per heavy atom. The summed E-state index contributed by atoms with van der Waals surface area (Å²) in [6, 6.07) is 5.72. The number of hydrogen-bond donors (Lipinski definition) is 1. The van der Waals surface area contributed by atoms with E-state index in [0.29, 0.717) is 0 Å². The molecule has 5 heteroatoms. The molecule has 1 amide bonds. The lowest BCUT2D eigenvalue weighted by Crippen LogP contribution is -2.38. The fourth-order valence-corrected chi connectivity index (χ4v) is 1.95. The second-order valence-electron chi connectivity index (χ2n) is 4.25. The third kappa shape index (κ3) is 2.45. The number of methoxy groups -OCH3 is 1. The van der Waals surface area contributed by atoms with Gasteiger partial charge in [0.1, 0.15) is 5.60 Å². The van der Waals surface area contributed by atoms with Gasteiger partial charge in [-0.1, -0.05) is 0 Å². The molecule has 0 aliphatic carbocycles. The molecule has 0 spiro atoms. The first kappa shape index (κ1) is 12.0. The molecule has 17 heavy (non-hydrogen) atoms. The van der Waals surface area contributed by atoms with Crippen molar-refractivity contribution in [2.24, 2.45) is 0 Å². The molecule has 2 aromatic rings. The first-order valence-electron chi connectivity index (χ1n) is 5.24. The Bertz CT molecular complexity index is 548. The number of benzene rings is 1. The number of carbonyl (C=O) groups excluding carboxylic acids is 1. The average Bonchev–Trinajstić information content (AvgIpc) is 2.76. The quantitative estimate of drug-likeness (QED) is 0.911. The van der Waals surface area contributed by atoms with Crippen molar-refractivity contribution in [3.63, 3.8) is 0 Å². The van der Waals surface area contributed by atoms with Crippen molar-refractivity contribution in [1.29, 1.82) is 0 Å². The second kappa shape index (κ2) is 4.43. The highest BCUT2D eigenvalue weighted by atomic mass is 32.1. The Kier molecular flexibility index (Phi) is 3.13. The molecule has 0 radical (unpaired) electrons. The zero-order chi connectivity index (χ0) is 12.5. The van der Waals surface area contributed by atoms with Crippen LogP contribution in [0, 0.1) is 0 Å². The Labute approximate surface area is 104 Å². The summed E-state index contributed by atoms with van der Waals surface area (Å²) in [6.07, 6.45) is 1.79. The zero-order valence-electron chi connectivity index (χ0n) is 9.98. The van der Waals surface area contributed by atoms with E-state index in [1.807, 2.05) is 18.2 Å². The van der Waals surface area contributed by atoms with Gasteiger partial charge in [-0.3, -0.25) is 4.79 Å². The monoisotopic (exact) mass is 250 g/mol. The normalized spacial score (nSPS) is 11.7. The van der Waals surface area contributed by atoms with Gasteiger partial charge in [-0.2, -0.15) is 4.37 Å². The van der Waals surface area contributed by atoms with Gasteiger partial charge < -0.3 is 10.1 Å². The van der Waals surface area contributed by atoms with Crippen molar-refractivity contribution >= 4 is 33.2 Å². The molecule has 4 nitrogen and oxygen atoms in total. The van der Waals surface area contributed by atoms with Crippen molar-refractivity contribution in [1.82, 2.24) is 4.37 Å². The zero-order valence-corrected chi connectivity index (χ0v) is 10.8. The van der Waals surface area contributed by atoms with Gasteiger partial charge in [0, 0.05) is 24.4 Å². The maximum Gasteiger partial charge on any atom is 0.256 e. The highest BCUT2D eigenvalue weighted by molar-refractivity contribution is 7.13. The number of ether oxygens (including phenoxy) is 1. The Morgan fingerprint density at radius 2 is 2.24 bits per heavy atom. The second-order valence-corrected chi connectivity index (χ2v) is 5.08. The number of nitrogens with zero attached hydrogens (tertiary/aromatic N) is 1. The van der Waals surface area contributed by atoms with E-state index in [9.17, 15) is 4.79 Å². The van der Waals surface area contributed by atoms with E-state index < -0.39 is 5.60 Å². The summed E-state index contributed by atoms with van der Waals surface area (Å²) in [6.45, 7) is 3.46. The number of amides is 1. The molecule has 0 aliphatic heterocycles. The van der Waals surface area contributed by atoms with E-state index in [0.717, 1.165) is 15.8 Å². The topological polar surface area (TPSA) is 51.2 Å². The largest absolute Gasteiger partial charge is 0.369 e. The molecule has 1 aromatic carbocycles. The van der Waals surface area contributed by atoms with E-state index in [4.69, 9.17) is 4.74 Å². The van der Waals surface area contributed by atoms with Crippen molar-refractivity contribution < 1.29 is 9.53 Å². The molecule has 0 atom stereocenters. The fraction of sp³-hybridized carbons (Fsp3) is 0.333. The van der Waals surface area contributed by atoms with Crippen molar-refractivity contribution in [2.45, 2.75) is 19.4 Å². The molecule has 0 unspecified atom stereocenters. The lowest BCUT2D eigenvalue weighted by Gasteiger charge is -2.21. The first-order chi connectivity index (χ1) is 8.03. The number of fused-ring (bicyclic) bond motifs is 1. The summed E-state index contributed by atoms with van der Waals surface area (Å²) in [5, 5.41) is 3.86. The average molecular weight is 250 g/mol. The highest BCUT2D eigenvalue weighted by Gasteiger charge is 2.26. The van der Waals surface area contributed by atoms with Gasteiger partial charge in [0.05, 0.1) is 4.70 Å². The highest BCUT2D eigenvalue weighted by Crippen LogP contribution is 2.22. The lowest BCUT2D eigenvalue weighted by molar-refractivity contribution is -0.133. The summed E-state index contributed by atoms with van der Waals surface area (Å²) in [5.41, 5.74) is -0.0742. The van der Waals surface area contributed by atoms with Crippen molar-refractivity contribution in [2.75, 3.05) is 12.4 Å². The predicted molar refractivity (Wildman–Crippen MR) is 69.3 cm³/mol. The van der Waals surface area contributed by atoms with Crippen LogP contribution in [0.25, 0.3) is 10.1 Å². The van der Waals surface area contributed by atoms with Crippen LogP contribution in [-0.4, -0.2) is 23.0 Å². The van der Waals surface area contributed by atoms with E-state index in [1.165, 1.54) is 18.6 Å². The third-order valence-electron chi connectivity index (χ3n) is 2.67. The Morgan fingerprint density at radius 1 is 1.47 bits per heavy atom. The molecule has 1 N–H and O–H groups in total. The van der Waals surface area contributed by atoms with E-state index in [1.54, 1.807) is 20.0 Å². The molecule has 2 rings (SSSR count). The van der Waals surface area contributed by atoms with Crippen LogP contribution in [0.2, 0.25) is 0 Å². The van der Waals surface area contributed by atoms with Crippen LogP contribution in [-0.2, 0) is 9.53 Å². The fourth-order valence-electron chi connectivity index (χ4n) is 1.32. The predicted octanol–water partition coefficient (Wildman–Crippen LogP) is 2.66. The maximum absolute atomic E-state index is 11.9. The van der Waals surface area contributed by atoms with Crippen LogP contribution in [0.1, 0.15) is 13.8 Å². The van der Waals surface area contributed by atoms with Crippen LogP contribution in [0.3, 0.4) is 0 Å². The van der Waals surface area contributed by atoms with Crippen LogP contribution >= 0.6 is 11.5 Å². The van der Waals surface area contributed by atoms with Gasteiger partial charge in [0.25, 0.3) is 5.91 Å². The molecule has 0 fully saturated rings. The summed E-state index contributed by atoms with van der Waals surface area (Å²) in [7, 11) is 1.52. The molecular formula is C12H14N2O2S. The maximum atomic E-state index is 11.9. The molecular weight excluding hydrogens is 236 g/mol. The van der Waals surface area contributed by atoms with Gasteiger partial charge in [-0.15, -0.1) is 0 Å². The standard InChI is InChI=1S/C12H14N2O2S/c1-12(2,16-3)11(15)14-9-4-5-10-8(6-9)7-13-17-10/h4-7H,1-3H3,(H,14,15). The molecule has 1 aromatic heterocycles. The number of hydrogen-bond acceptors (Lipinski definition) is 4. The molecule has 1 heterocycles. The number of rotatable bonds is 3. The number of anilines is 1. The number of carbonyl (C=O) groups is 1. The van der Waals surface area contributed by atoms with Gasteiger partial charge in [0.2, 0.25) is 0 Å². The van der Waals surface area contributed by atoms with Crippen molar-refractivity contribution in [3.8, 4) is 0 Å². The summed E-state index contributed by atoms with van der Waals surface area (Å²) in [5.74, 6) is -0.164. The first-order valence-corrected chi connectivity index (χ1v) is 6.01. The summed E-state index contributed by atoms with van der Waals surface area (Å²) in [4.78, 5) is 11.9. The van der Waals surface area contributed by atoms with Crippen LogP contribution in [0.5, 0.6) is 0 Å². The van der Waals surface area contributed by atoms with Crippen molar-refractivity contribution in [3.05, 3.63) is 24.4 Å². The SMILES string of the molecule is COC(C)(C)C(=O)Nc1ccc2sncc2c1. The molecule has 0 aliphatic rings. The van der Waals surface area contributed by atoms with Crippen LogP contribution in [0.4, 0.5) is 5.69 Å². The molecule has 90 valence electrons. The molecule has 0 saturated heterocycles. The Balaban J connectivity index is 2.21. The van der Waals surface area contributed by atoms with Crippen LogP contribution < -0.4 is 5.32 Å².